The number of hydrogen-bond acceptors (Lipinski definition) is 5. The van der Waals surface area contributed by atoms with Crippen molar-refractivity contribution in [2.75, 3.05) is 5.73 Å². The van der Waals surface area contributed by atoms with Gasteiger partial charge in [-0.1, -0.05) is 6.07 Å². The number of rotatable bonds is 2. The highest BCUT2D eigenvalue weighted by molar-refractivity contribution is 7.16. The van der Waals surface area contributed by atoms with Crippen LogP contribution in [0, 0.1) is 6.92 Å². The Kier molecular flexibility index (Phi) is 2.60. The highest BCUT2D eigenvalue weighted by Gasteiger charge is 2.09. The molecule has 5 heteroatoms. The lowest BCUT2D eigenvalue weighted by Gasteiger charge is -2.09. The number of nitrogens with zero attached hydrogens (tertiary/aromatic N) is 2. The van der Waals surface area contributed by atoms with Crippen LogP contribution < -0.4 is 10.5 Å². The van der Waals surface area contributed by atoms with Gasteiger partial charge in [0.1, 0.15) is 16.9 Å². The Balaban J connectivity index is 2.06. The average molecular weight is 257 g/mol. The van der Waals surface area contributed by atoms with E-state index in [2.05, 4.69) is 9.97 Å². The highest BCUT2D eigenvalue weighted by atomic mass is 32.1. The third-order valence-corrected chi connectivity index (χ3v) is 3.58. The summed E-state index contributed by atoms with van der Waals surface area (Å²) in [5, 5.41) is 2.89. The summed E-state index contributed by atoms with van der Waals surface area (Å²) in [7, 11) is 0. The summed E-state index contributed by atoms with van der Waals surface area (Å²) >= 11 is 1.56. The largest absolute Gasteiger partial charge is 0.438 e. The van der Waals surface area contributed by atoms with Crippen LogP contribution >= 0.6 is 11.3 Å². The molecule has 18 heavy (non-hydrogen) atoms. The summed E-state index contributed by atoms with van der Waals surface area (Å²) in [5.74, 6) is 1.29. The minimum Gasteiger partial charge on any atom is -0.438 e. The molecule has 0 aliphatic rings. The molecular formula is C13H11N3OS. The summed E-state index contributed by atoms with van der Waals surface area (Å²) in [4.78, 5) is 9.28. The summed E-state index contributed by atoms with van der Waals surface area (Å²) < 4.78 is 5.84. The van der Waals surface area contributed by atoms with Gasteiger partial charge in [0.15, 0.2) is 0 Å². The zero-order valence-electron chi connectivity index (χ0n) is 9.75. The van der Waals surface area contributed by atoms with Gasteiger partial charge >= 0.3 is 0 Å². The molecule has 0 fully saturated rings. The number of ether oxygens (including phenoxy) is 1. The molecule has 0 aliphatic heterocycles. The van der Waals surface area contributed by atoms with Crippen LogP contribution in [0.4, 0.5) is 5.69 Å². The van der Waals surface area contributed by atoms with Crippen LogP contribution in [0.5, 0.6) is 11.6 Å². The maximum atomic E-state index is 5.86. The summed E-state index contributed by atoms with van der Waals surface area (Å²) in [6.07, 6.45) is 1.51. The molecule has 0 saturated carbocycles. The van der Waals surface area contributed by atoms with Crippen molar-refractivity contribution < 1.29 is 4.74 Å². The van der Waals surface area contributed by atoms with Gasteiger partial charge in [0.25, 0.3) is 0 Å². The SMILES string of the molecule is Cc1c(N)cccc1Oc1ncnc2sccc12. The molecule has 2 N–H and O–H groups in total. The van der Waals surface area contributed by atoms with Crippen molar-refractivity contribution in [1.29, 1.82) is 0 Å². The minimum absolute atomic E-state index is 0.565. The molecule has 0 amide bonds. The van der Waals surface area contributed by atoms with E-state index in [4.69, 9.17) is 10.5 Å². The lowest BCUT2D eigenvalue weighted by atomic mass is 10.2. The highest BCUT2D eigenvalue weighted by Crippen LogP contribution is 2.32. The third kappa shape index (κ3) is 1.78. The van der Waals surface area contributed by atoms with Gasteiger partial charge < -0.3 is 10.5 Å². The molecule has 2 aromatic heterocycles. The van der Waals surface area contributed by atoms with Gasteiger partial charge in [0.2, 0.25) is 5.88 Å². The second-order valence-electron chi connectivity index (χ2n) is 3.89. The molecule has 0 spiro atoms. The quantitative estimate of drug-likeness (QED) is 0.715. The van der Waals surface area contributed by atoms with Crippen LogP contribution in [0.2, 0.25) is 0 Å². The molecule has 0 saturated heterocycles. The second kappa shape index (κ2) is 4.27. The number of benzene rings is 1. The molecule has 0 aliphatic carbocycles. The van der Waals surface area contributed by atoms with Gasteiger partial charge in [-0.05, 0) is 30.5 Å². The van der Waals surface area contributed by atoms with Crippen molar-refractivity contribution in [2.24, 2.45) is 0 Å². The van der Waals surface area contributed by atoms with Crippen LogP contribution in [0.1, 0.15) is 5.56 Å². The predicted octanol–water partition coefficient (Wildman–Crippen LogP) is 3.37. The molecule has 0 unspecified atom stereocenters. The molecule has 1 aromatic carbocycles. The first-order valence-electron chi connectivity index (χ1n) is 5.47. The lowest BCUT2D eigenvalue weighted by molar-refractivity contribution is 0.465. The standard InChI is InChI=1S/C13H11N3OS/c1-8-10(14)3-2-4-11(8)17-12-9-5-6-18-13(9)16-7-15-12/h2-7H,14H2,1H3. The fourth-order valence-corrected chi connectivity index (χ4v) is 2.42. The number of anilines is 1. The van der Waals surface area contributed by atoms with Crippen LogP contribution in [0.25, 0.3) is 10.2 Å². The number of aromatic nitrogens is 2. The smallest absolute Gasteiger partial charge is 0.231 e. The number of nitrogens with two attached hydrogens (primary N) is 1. The predicted molar refractivity (Wildman–Crippen MR) is 73.1 cm³/mol. The number of nitrogen functional groups attached to an aromatic ring is 1. The molecule has 4 nitrogen and oxygen atoms in total. The van der Waals surface area contributed by atoms with Crippen molar-refractivity contribution in [3.05, 3.63) is 41.5 Å². The molecule has 3 rings (SSSR count). The van der Waals surface area contributed by atoms with E-state index in [-0.39, 0.29) is 0 Å². The first kappa shape index (κ1) is 11.0. The van der Waals surface area contributed by atoms with Gasteiger partial charge in [0.05, 0.1) is 5.39 Å². The van der Waals surface area contributed by atoms with Gasteiger partial charge in [-0.3, -0.25) is 0 Å². The van der Waals surface area contributed by atoms with Crippen LogP contribution in [-0.4, -0.2) is 9.97 Å². The minimum atomic E-state index is 0.565. The fourth-order valence-electron chi connectivity index (χ4n) is 1.69. The molecular weight excluding hydrogens is 246 g/mol. The topological polar surface area (TPSA) is 61.0 Å². The van der Waals surface area contributed by atoms with E-state index in [0.717, 1.165) is 21.5 Å². The van der Waals surface area contributed by atoms with Gasteiger partial charge in [0, 0.05) is 11.3 Å². The van der Waals surface area contributed by atoms with Gasteiger partial charge in [-0.15, -0.1) is 11.3 Å². The van der Waals surface area contributed by atoms with Crippen molar-refractivity contribution in [3.63, 3.8) is 0 Å². The molecule has 0 bridgehead atoms. The normalized spacial score (nSPS) is 10.7. The molecule has 90 valence electrons. The van der Waals surface area contributed by atoms with E-state index in [9.17, 15) is 0 Å². The maximum Gasteiger partial charge on any atom is 0.231 e. The molecule has 3 aromatic rings. The van der Waals surface area contributed by atoms with Gasteiger partial charge in [-0.2, -0.15) is 0 Å². The van der Waals surface area contributed by atoms with E-state index in [1.54, 1.807) is 11.3 Å². The lowest BCUT2D eigenvalue weighted by Crippen LogP contribution is -1.95. The Hall–Kier alpha value is -2.14. The van der Waals surface area contributed by atoms with Crippen molar-refractivity contribution in [2.45, 2.75) is 6.92 Å². The summed E-state index contributed by atoms with van der Waals surface area (Å²) in [6, 6.07) is 7.55. The Morgan fingerprint density at radius 1 is 1.22 bits per heavy atom. The fraction of sp³-hybridized carbons (Fsp3) is 0.0769. The summed E-state index contributed by atoms with van der Waals surface area (Å²) in [5.41, 5.74) is 7.48. The number of thiophene rings is 1. The maximum absolute atomic E-state index is 5.86. The van der Waals surface area contributed by atoms with Crippen molar-refractivity contribution in [1.82, 2.24) is 9.97 Å². The van der Waals surface area contributed by atoms with E-state index >= 15 is 0 Å². The Morgan fingerprint density at radius 3 is 3.00 bits per heavy atom. The van der Waals surface area contributed by atoms with E-state index in [0.29, 0.717) is 11.6 Å². The number of hydrogen-bond donors (Lipinski definition) is 1. The Bertz CT molecular complexity index is 708. The average Bonchev–Trinajstić information content (AvgIpc) is 2.84. The van der Waals surface area contributed by atoms with E-state index in [1.165, 1.54) is 6.33 Å². The van der Waals surface area contributed by atoms with Crippen LogP contribution in [0.3, 0.4) is 0 Å². The summed E-state index contributed by atoms with van der Waals surface area (Å²) in [6.45, 7) is 1.93. The monoisotopic (exact) mass is 257 g/mol. The Morgan fingerprint density at radius 2 is 2.11 bits per heavy atom. The third-order valence-electron chi connectivity index (χ3n) is 2.76. The second-order valence-corrected chi connectivity index (χ2v) is 4.79. The first-order chi connectivity index (χ1) is 8.75. The van der Waals surface area contributed by atoms with Crippen LogP contribution in [0.15, 0.2) is 36.0 Å². The van der Waals surface area contributed by atoms with E-state index in [1.807, 2.05) is 36.6 Å². The van der Waals surface area contributed by atoms with E-state index < -0.39 is 0 Å². The number of fused-ring (bicyclic) bond motifs is 1. The zero-order valence-corrected chi connectivity index (χ0v) is 10.6. The van der Waals surface area contributed by atoms with Crippen LogP contribution in [-0.2, 0) is 0 Å². The first-order valence-corrected chi connectivity index (χ1v) is 6.35. The molecule has 0 atom stereocenters. The Labute approximate surface area is 108 Å². The van der Waals surface area contributed by atoms with Gasteiger partial charge in [-0.25, -0.2) is 9.97 Å². The molecule has 2 heterocycles. The molecule has 0 radical (unpaired) electrons. The van der Waals surface area contributed by atoms with Crippen molar-refractivity contribution >= 4 is 27.2 Å². The zero-order chi connectivity index (χ0) is 12.5. The van der Waals surface area contributed by atoms with Crippen molar-refractivity contribution in [3.8, 4) is 11.6 Å².